The maximum atomic E-state index is 12.1. The first-order valence-corrected chi connectivity index (χ1v) is 3.43. The molecule has 0 atom stereocenters. The Morgan fingerprint density at radius 1 is 1.00 bits per heavy atom. The number of urea groups is 1. The summed E-state index contributed by atoms with van der Waals surface area (Å²) in [6, 6.07) is -1.56. The molecule has 0 aromatic carbocycles. The van der Waals surface area contributed by atoms with Crippen molar-refractivity contribution < 1.29 is 31.1 Å². The van der Waals surface area contributed by atoms with Gasteiger partial charge in [0.1, 0.15) is 0 Å². The molecule has 3 nitrogen and oxygen atoms in total. The van der Waals surface area contributed by atoms with E-state index in [1.807, 2.05) is 0 Å². The molecule has 0 spiro atoms. The van der Waals surface area contributed by atoms with Gasteiger partial charge in [-0.25, -0.2) is 10.1 Å². The molecule has 2 amide bonds. The van der Waals surface area contributed by atoms with Crippen LogP contribution in [0.2, 0.25) is 0 Å². The molecule has 2 radical (unpaired) electrons. The first-order valence-electron chi connectivity index (χ1n) is 3.43. The predicted octanol–water partition coefficient (Wildman–Crippen LogP) is 1.71. The molecule has 0 aromatic heterocycles. The summed E-state index contributed by atoms with van der Waals surface area (Å²) in [6.07, 6.45) is -10.5. The average Bonchev–Trinajstić information content (AvgIpc) is 2.00. The lowest BCUT2D eigenvalue weighted by atomic mass is 10.1. The van der Waals surface area contributed by atoms with Crippen LogP contribution < -0.4 is 10.6 Å². The monoisotopic (exact) mass is 232 g/mol. The molecule has 1 heterocycles. The van der Waals surface area contributed by atoms with Crippen molar-refractivity contribution in [2.75, 3.05) is 6.54 Å². The van der Waals surface area contributed by atoms with Crippen LogP contribution >= 0.6 is 0 Å². The summed E-state index contributed by atoms with van der Waals surface area (Å²) >= 11 is 0. The van der Waals surface area contributed by atoms with Crippen molar-refractivity contribution in [1.82, 2.24) is 10.6 Å². The van der Waals surface area contributed by atoms with Crippen molar-refractivity contribution in [2.24, 2.45) is 0 Å². The van der Waals surface area contributed by atoms with Crippen LogP contribution in [0.15, 0.2) is 11.3 Å². The zero-order valence-electron chi connectivity index (χ0n) is 6.78. The van der Waals surface area contributed by atoms with Gasteiger partial charge in [0, 0.05) is 0 Å². The number of hydrogen-bond acceptors (Lipinski definition) is 1. The van der Waals surface area contributed by atoms with E-state index in [0.717, 1.165) is 0 Å². The molecular formula is C6H2F6N2O. The molecule has 9 heteroatoms. The Balaban J connectivity index is 3.19. The Kier molecular flexibility index (Phi) is 2.58. The normalized spacial score (nSPS) is 18.7. The Hall–Kier alpha value is -1.41. The highest BCUT2D eigenvalue weighted by atomic mass is 19.4. The molecule has 1 rings (SSSR count). The van der Waals surface area contributed by atoms with Gasteiger partial charge < -0.3 is 0 Å². The molecule has 0 aliphatic carbocycles. The van der Waals surface area contributed by atoms with Crippen molar-refractivity contribution in [1.29, 1.82) is 0 Å². The van der Waals surface area contributed by atoms with E-state index in [9.17, 15) is 31.1 Å². The number of carbonyl (C=O) groups excluding carboxylic acids is 1. The predicted molar refractivity (Wildman–Crippen MR) is 33.7 cm³/mol. The van der Waals surface area contributed by atoms with E-state index in [1.54, 1.807) is 0 Å². The molecule has 0 aromatic rings. The minimum Gasteiger partial charge on any atom is -0.244 e. The third-order valence-corrected chi connectivity index (χ3v) is 1.48. The van der Waals surface area contributed by atoms with E-state index in [2.05, 4.69) is 10.6 Å². The van der Waals surface area contributed by atoms with Gasteiger partial charge in [0.25, 0.3) is 0 Å². The van der Waals surface area contributed by atoms with E-state index < -0.39 is 36.2 Å². The standard InChI is InChI=1S/C6H2F6N2O/c7-5(8,9)2-1-13-4(15)14-3(2)6(10,11)12/h1H2. The van der Waals surface area contributed by atoms with Crippen LogP contribution in [0.4, 0.5) is 31.1 Å². The first-order chi connectivity index (χ1) is 6.62. The number of allylic oxidation sites excluding steroid dienone is 1. The second-order valence-electron chi connectivity index (χ2n) is 2.53. The van der Waals surface area contributed by atoms with E-state index >= 15 is 0 Å². The fourth-order valence-electron chi connectivity index (χ4n) is 0.878. The fraction of sp³-hybridized carbons (Fsp3) is 0.500. The third-order valence-electron chi connectivity index (χ3n) is 1.48. The number of hydrogen-bond donors (Lipinski definition) is 0. The number of nitrogens with zero attached hydrogens (tertiary/aromatic N) is 2. The summed E-state index contributed by atoms with van der Waals surface area (Å²) in [5.41, 5.74) is -4.16. The minimum atomic E-state index is -5.31. The van der Waals surface area contributed by atoms with Crippen LogP contribution in [0.25, 0.3) is 0 Å². The Morgan fingerprint density at radius 2 is 1.53 bits per heavy atom. The van der Waals surface area contributed by atoms with Crippen LogP contribution in [0.5, 0.6) is 0 Å². The third kappa shape index (κ3) is 2.54. The van der Waals surface area contributed by atoms with Gasteiger partial charge >= 0.3 is 18.4 Å². The van der Waals surface area contributed by atoms with Crippen molar-refractivity contribution in [3.63, 3.8) is 0 Å². The van der Waals surface area contributed by atoms with E-state index in [1.165, 1.54) is 0 Å². The SMILES string of the molecule is O=C1[N]CC(C(F)(F)F)=C(C(F)(F)F)[N]1. The maximum absolute atomic E-state index is 12.1. The summed E-state index contributed by atoms with van der Waals surface area (Å²) in [7, 11) is 0. The van der Waals surface area contributed by atoms with Crippen LogP contribution in [-0.4, -0.2) is 24.9 Å². The second kappa shape index (κ2) is 3.31. The lowest BCUT2D eigenvalue weighted by Crippen LogP contribution is -2.41. The highest BCUT2D eigenvalue weighted by Gasteiger charge is 2.49. The quantitative estimate of drug-likeness (QED) is 0.586. The van der Waals surface area contributed by atoms with Gasteiger partial charge in [-0.15, -0.1) is 0 Å². The van der Waals surface area contributed by atoms with Gasteiger partial charge in [0.05, 0.1) is 12.1 Å². The van der Waals surface area contributed by atoms with Crippen LogP contribution in [0.1, 0.15) is 0 Å². The molecule has 1 aliphatic heterocycles. The van der Waals surface area contributed by atoms with Crippen molar-refractivity contribution >= 4 is 6.03 Å². The lowest BCUT2D eigenvalue weighted by molar-refractivity contribution is -0.120. The number of amides is 2. The van der Waals surface area contributed by atoms with E-state index in [-0.39, 0.29) is 0 Å². The van der Waals surface area contributed by atoms with Crippen molar-refractivity contribution in [3.8, 4) is 0 Å². The summed E-state index contributed by atoms with van der Waals surface area (Å²) in [6.45, 7) is -1.35. The lowest BCUT2D eigenvalue weighted by Gasteiger charge is -2.21. The molecule has 84 valence electrons. The molecule has 15 heavy (non-hydrogen) atoms. The molecule has 0 N–H and O–H groups in total. The topological polar surface area (TPSA) is 45.3 Å². The van der Waals surface area contributed by atoms with Crippen molar-refractivity contribution in [2.45, 2.75) is 12.4 Å². The molecule has 0 bridgehead atoms. The summed E-state index contributed by atoms with van der Waals surface area (Å²) in [5.74, 6) is 0. The van der Waals surface area contributed by atoms with Gasteiger partial charge in [0.2, 0.25) is 0 Å². The molecular weight excluding hydrogens is 230 g/mol. The fourth-order valence-corrected chi connectivity index (χ4v) is 0.878. The minimum absolute atomic E-state index is 1.35. The van der Waals surface area contributed by atoms with Gasteiger partial charge in [0.15, 0.2) is 5.70 Å². The van der Waals surface area contributed by atoms with Crippen LogP contribution in [-0.2, 0) is 0 Å². The molecule has 0 saturated heterocycles. The van der Waals surface area contributed by atoms with Gasteiger partial charge in [-0.3, -0.25) is 0 Å². The summed E-state index contributed by atoms with van der Waals surface area (Å²) in [4.78, 5) is 10.4. The Labute approximate surface area is 79.1 Å². The van der Waals surface area contributed by atoms with E-state index in [4.69, 9.17) is 0 Å². The zero-order valence-corrected chi connectivity index (χ0v) is 6.78. The summed E-state index contributed by atoms with van der Waals surface area (Å²) < 4.78 is 72.3. The number of alkyl halides is 6. The molecule has 0 unspecified atom stereocenters. The van der Waals surface area contributed by atoms with Gasteiger partial charge in [-0.2, -0.15) is 31.7 Å². The first kappa shape index (κ1) is 11.7. The highest BCUT2D eigenvalue weighted by molar-refractivity contribution is 5.77. The number of rotatable bonds is 0. The second-order valence-corrected chi connectivity index (χ2v) is 2.53. The highest BCUT2D eigenvalue weighted by Crippen LogP contribution is 2.36. The maximum Gasteiger partial charge on any atom is 0.433 e. The Morgan fingerprint density at radius 3 is 1.93 bits per heavy atom. The van der Waals surface area contributed by atoms with Gasteiger partial charge in [-0.05, 0) is 0 Å². The molecule has 0 saturated carbocycles. The number of carbonyl (C=O) groups is 1. The summed E-state index contributed by atoms with van der Waals surface area (Å²) in [5, 5.41) is 4.89. The molecule has 0 fully saturated rings. The molecule has 1 aliphatic rings. The smallest absolute Gasteiger partial charge is 0.244 e. The van der Waals surface area contributed by atoms with E-state index in [0.29, 0.717) is 0 Å². The number of halogens is 6. The van der Waals surface area contributed by atoms with Crippen molar-refractivity contribution in [3.05, 3.63) is 11.3 Å². The van der Waals surface area contributed by atoms with Crippen LogP contribution in [0.3, 0.4) is 0 Å². The van der Waals surface area contributed by atoms with Gasteiger partial charge in [-0.1, -0.05) is 0 Å². The Bertz CT molecular complexity index is 315. The average molecular weight is 232 g/mol. The van der Waals surface area contributed by atoms with Crippen LogP contribution in [0, 0.1) is 0 Å². The zero-order chi connectivity index (χ0) is 11.9. The largest absolute Gasteiger partial charge is 0.433 e.